The van der Waals surface area contributed by atoms with Gasteiger partial charge in [0.25, 0.3) is 0 Å². The molecule has 0 spiro atoms. The van der Waals surface area contributed by atoms with Crippen molar-refractivity contribution in [2.75, 3.05) is 7.11 Å². The Morgan fingerprint density at radius 3 is 2.78 bits per heavy atom. The number of ether oxygens (including phenoxy) is 1. The van der Waals surface area contributed by atoms with E-state index in [1.165, 1.54) is 6.20 Å². The first-order chi connectivity index (χ1) is 8.69. The Labute approximate surface area is 102 Å². The molecule has 0 radical (unpaired) electrons. The molecule has 0 atom stereocenters. The Morgan fingerprint density at radius 2 is 2.06 bits per heavy atom. The molecule has 5 heteroatoms. The Bertz CT molecular complexity index is 761. The lowest BCUT2D eigenvalue weighted by Gasteiger charge is -1.99. The Balaban J connectivity index is 2.37. The lowest BCUT2D eigenvalue weighted by molar-refractivity contribution is 0.0691. The number of nitrogens with one attached hydrogen (secondary N) is 1. The number of aromatic nitrogens is 2. The van der Waals surface area contributed by atoms with Crippen molar-refractivity contribution in [1.29, 1.82) is 0 Å². The molecule has 2 aromatic heterocycles. The van der Waals surface area contributed by atoms with Crippen LogP contribution in [0.2, 0.25) is 0 Å². The lowest BCUT2D eigenvalue weighted by Crippen LogP contribution is -1.98. The van der Waals surface area contributed by atoms with Crippen LogP contribution in [0.15, 0.2) is 30.5 Å². The SMILES string of the molecule is COc1ccc2[nH]c3cnc(C(=O)O)cc3c2c1. The van der Waals surface area contributed by atoms with Gasteiger partial charge in [0.05, 0.1) is 18.8 Å². The largest absolute Gasteiger partial charge is 0.497 e. The third-order valence-corrected chi connectivity index (χ3v) is 2.91. The molecule has 18 heavy (non-hydrogen) atoms. The fourth-order valence-corrected chi connectivity index (χ4v) is 2.02. The number of hydrogen-bond donors (Lipinski definition) is 2. The van der Waals surface area contributed by atoms with Crippen molar-refractivity contribution in [2.45, 2.75) is 0 Å². The van der Waals surface area contributed by atoms with Crippen LogP contribution in [-0.2, 0) is 0 Å². The van der Waals surface area contributed by atoms with E-state index in [4.69, 9.17) is 9.84 Å². The van der Waals surface area contributed by atoms with Crippen molar-refractivity contribution in [2.24, 2.45) is 0 Å². The second-order valence-electron chi connectivity index (χ2n) is 3.96. The van der Waals surface area contributed by atoms with Gasteiger partial charge in [0.15, 0.2) is 0 Å². The molecular weight excluding hydrogens is 232 g/mol. The van der Waals surface area contributed by atoms with Crippen molar-refractivity contribution in [3.8, 4) is 5.75 Å². The number of benzene rings is 1. The molecule has 1 aromatic carbocycles. The van der Waals surface area contributed by atoms with E-state index >= 15 is 0 Å². The quantitative estimate of drug-likeness (QED) is 0.723. The summed E-state index contributed by atoms with van der Waals surface area (Å²) in [5.74, 6) is -0.300. The molecule has 3 rings (SSSR count). The standard InChI is InChI=1S/C13H10N2O3/c1-18-7-2-3-10-8(4-7)9-5-11(13(16)17)14-6-12(9)15-10/h2-6,15H,1H3,(H,16,17). The van der Waals surface area contributed by atoms with Gasteiger partial charge in [0.2, 0.25) is 0 Å². The van der Waals surface area contributed by atoms with Crippen LogP contribution in [0.3, 0.4) is 0 Å². The van der Waals surface area contributed by atoms with E-state index in [2.05, 4.69) is 9.97 Å². The normalized spacial score (nSPS) is 10.9. The first-order valence-corrected chi connectivity index (χ1v) is 5.38. The molecule has 0 aliphatic carbocycles. The Morgan fingerprint density at radius 1 is 1.28 bits per heavy atom. The zero-order chi connectivity index (χ0) is 12.7. The van der Waals surface area contributed by atoms with Gasteiger partial charge < -0.3 is 14.8 Å². The highest BCUT2D eigenvalue weighted by molar-refractivity contribution is 6.08. The van der Waals surface area contributed by atoms with Gasteiger partial charge in [0, 0.05) is 16.3 Å². The van der Waals surface area contributed by atoms with E-state index in [0.717, 1.165) is 27.6 Å². The van der Waals surface area contributed by atoms with Crippen LogP contribution in [0.1, 0.15) is 10.5 Å². The number of carbonyl (C=O) groups is 1. The summed E-state index contributed by atoms with van der Waals surface area (Å²) in [4.78, 5) is 18.0. The van der Waals surface area contributed by atoms with Gasteiger partial charge in [-0.1, -0.05) is 0 Å². The van der Waals surface area contributed by atoms with Gasteiger partial charge in [-0.3, -0.25) is 0 Å². The van der Waals surface area contributed by atoms with Crippen LogP contribution in [0.5, 0.6) is 5.75 Å². The van der Waals surface area contributed by atoms with Crippen LogP contribution >= 0.6 is 0 Å². The summed E-state index contributed by atoms with van der Waals surface area (Å²) in [5, 5.41) is 10.7. The van der Waals surface area contributed by atoms with E-state index in [-0.39, 0.29) is 5.69 Å². The summed E-state index contributed by atoms with van der Waals surface area (Å²) in [7, 11) is 1.60. The highest BCUT2D eigenvalue weighted by atomic mass is 16.5. The maximum absolute atomic E-state index is 10.9. The molecule has 0 saturated heterocycles. The molecule has 0 aliphatic heterocycles. The first-order valence-electron chi connectivity index (χ1n) is 5.38. The van der Waals surface area contributed by atoms with Crippen LogP contribution in [0.4, 0.5) is 0 Å². The van der Waals surface area contributed by atoms with E-state index in [9.17, 15) is 4.79 Å². The zero-order valence-electron chi connectivity index (χ0n) is 9.60. The molecule has 5 nitrogen and oxygen atoms in total. The molecule has 0 amide bonds. The maximum Gasteiger partial charge on any atom is 0.354 e. The Kier molecular flexibility index (Phi) is 2.19. The van der Waals surface area contributed by atoms with Gasteiger partial charge >= 0.3 is 5.97 Å². The minimum atomic E-state index is -1.03. The average Bonchev–Trinajstić information content (AvgIpc) is 2.75. The number of carboxylic acids is 1. The van der Waals surface area contributed by atoms with E-state index < -0.39 is 5.97 Å². The van der Waals surface area contributed by atoms with Gasteiger partial charge in [-0.15, -0.1) is 0 Å². The number of pyridine rings is 1. The first kappa shape index (κ1) is 10.6. The molecule has 0 saturated carbocycles. The summed E-state index contributed by atoms with van der Waals surface area (Å²) >= 11 is 0. The number of aromatic amines is 1. The zero-order valence-corrected chi connectivity index (χ0v) is 9.60. The summed E-state index contributed by atoms with van der Waals surface area (Å²) in [5.41, 5.74) is 1.77. The van der Waals surface area contributed by atoms with Gasteiger partial charge in [-0.2, -0.15) is 0 Å². The third-order valence-electron chi connectivity index (χ3n) is 2.91. The number of rotatable bonds is 2. The smallest absolute Gasteiger partial charge is 0.354 e. The summed E-state index contributed by atoms with van der Waals surface area (Å²) in [6.45, 7) is 0. The second-order valence-corrected chi connectivity index (χ2v) is 3.96. The van der Waals surface area contributed by atoms with Gasteiger partial charge in [0.1, 0.15) is 11.4 Å². The van der Waals surface area contributed by atoms with Gasteiger partial charge in [-0.05, 0) is 24.3 Å². The minimum Gasteiger partial charge on any atom is -0.497 e. The topological polar surface area (TPSA) is 75.2 Å². The fraction of sp³-hybridized carbons (Fsp3) is 0.0769. The van der Waals surface area contributed by atoms with Crippen LogP contribution < -0.4 is 4.74 Å². The monoisotopic (exact) mass is 242 g/mol. The molecular formula is C13H10N2O3. The molecule has 0 unspecified atom stereocenters. The third kappa shape index (κ3) is 1.48. The van der Waals surface area contributed by atoms with Crippen molar-refractivity contribution < 1.29 is 14.6 Å². The summed E-state index contributed by atoms with van der Waals surface area (Å²) in [6, 6.07) is 7.19. The van der Waals surface area contributed by atoms with E-state index in [1.54, 1.807) is 13.2 Å². The van der Waals surface area contributed by atoms with Crippen LogP contribution in [0, 0.1) is 0 Å². The molecule has 3 aromatic rings. The Hall–Kier alpha value is -2.56. The number of aromatic carboxylic acids is 1. The molecule has 90 valence electrons. The second kappa shape index (κ2) is 3.73. The highest BCUT2D eigenvalue weighted by Gasteiger charge is 2.10. The number of H-pyrrole nitrogens is 1. The minimum absolute atomic E-state index is 0.0335. The number of carboxylic acid groups (broad SMARTS) is 1. The van der Waals surface area contributed by atoms with Gasteiger partial charge in [-0.25, -0.2) is 9.78 Å². The number of hydrogen-bond acceptors (Lipinski definition) is 3. The molecule has 0 bridgehead atoms. The number of nitrogens with zero attached hydrogens (tertiary/aromatic N) is 1. The predicted octanol–water partition coefficient (Wildman–Crippen LogP) is 2.42. The molecule has 0 aliphatic rings. The maximum atomic E-state index is 10.9. The summed E-state index contributed by atoms with van der Waals surface area (Å²) in [6.07, 6.45) is 1.53. The fourth-order valence-electron chi connectivity index (χ4n) is 2.02. The number of methoxy groups -OCH3 is 1. The average molecular weight is 242 g/mol. The number of fused-ring (bicyclic) bond motifs is 3. The summed E-state index contributed by atoms with van der Waals surface area (Å²) < 4.78 is 5.17. The van der Waals surface area contributed by atoms with Crippen molar-refractivity contribution in [3.63, 3.8) is 0 Å². The van der Waals surface area contributed by atoms with Crippen LogP contribution in [0.25, 0.3) is 21.8 Å². The van der Waals surface area contributed by atoms with E-state index in [0.29, 0.717) is 0 Å². The lowest BCUT2D eigenvalue weighted by atomic mass is 10.1. The van der Waals surface area contributed by atoms with Crippen molar-refractivity contribution in [1.82, 2.24) is 9.97 Å². The van der Waals surface area contributed by atoms with E-state index in [1.807, 2.05) is 18.2 Å². The van der Waals surface area contributed by atoms with Crippen molar-refractivity contribution in [3.05, 3.63) is 36.2 Å². The van der Waals surface area contributed by atoms with Crippen LogP contribution in [-0.4, -0.2) is 28.2 Å². The molecule has 0 fully saturated rings. The highest BCUT2D eigenvalue weighted by Crippen LogP contribution is 2.28. The predicted molar refractivity (Wildman–Crippen MR) is 67.1 cm³/mol. The molecule has 2 heterocycles. The molecule has 2 N–H and O–H groups in total. The van der Waals surface area contributed by atoms with Crippen molar-refractivity contribution >= 4 is 27.8 Å².